The van der Waals surface area contributed by atoms with Crippen molar-refractivity contribution in [3.8, 4) is 11.5 Å². The quantitative estimate of drug-likeness (QED) is 0.904. The number of rotatable bonds is 4. The van der Waals surface area contributed by atoms with E-state index in [2.05, 4.69) is 6.08 Å². The summed E-state index contributed by atoms with van der Waals surface area (Å²) in [6, 6.07) is 15.5. The fourth-order valence-electron chi connectivity index (χ4n) is 3.49. The molecular formula is C21H22O4. The molecule has 4 rings (SSSR count). The first-order valence-corrected chi connectivity index (χ1v) is 8.72. The Morgan fingerprint density at radius 3 is 2.52 bits per heavy atom. The van der Waals surface area contributed by atoms with Gasteiger partial charge in [0.1, 0.15) is 18.1 Å². The molecule has 1 aliphatic heterocycles. The second kappa shape index (κ2) is 6.90. The summed E-state index contributed by atoms with van der Waals surface area (Å²) < 4.78 is 17.6. The van der Waals surface area contributed by atoms with Gasteiger partial charge >= 0.3 is 0 Å². The van der Waals surface area contributed by atoms with Gasteiger partial charge in [0.2, 0.25) is 0 Å². The molecule has 1 fully saturated rings. The standard InChI is InChI=1S/C21H22O4/c22-18-7-4-8-19(23-15-16-5-2-1-3-6-16)20(18)17-9-11-21(12-10-17)24-13-14-25-21/h1-9,22H,10-15H2. The van der Waals surface area contributed by atoms with Gasteiger partial charge in [0.05, 0.1) is 18.8 Å². The van der Waals surface area contributed by atoms with E-state index in [0.29, 0.717) is 32.0 Å². The Hall–Kier alpha value is -2.30. The normalized spacial score (nSPS) is 19.0. The van der Waals surface area contributed by atoms with Crippen LogP contribution < -0.4 is 4.74 Å². The minimum Gasteiger partial charge on any atom is -0.507 e. The smallest absolute Gasteiger partial charge is 0.172 e. The fraction of sp³-hybridized carbons (Fsp3) is 0.333. The molecule has 0 atom stereocenters. The number of phenols is 1. The van der Waals surface area contributed by atoms with E-state index in [-0.39, 0.29) is 5.75 Å². The van der Waals surface area contributed by atoms with Crippen molar-refractivity contribution < 1.29 is 19.3 Å². The molecule has 0 amide bonds. The summed E-state index contributed by atoms with van der Waals surface area (Å²) in [5, 5.41) is 10.4. The van der Waals surface area contributed by atoms with Crippen molar-refractivity contribution in [3.05, 3.63) is 65.7 Å². The summed E-state index contributed by atoms with van der Waals surface area (Å²) in [5.74, 6) is 0.499. The van der Waals surface area contributed by atoms with Gasteiger partial charge in [0.25, 0.3) is 0 Å². The van der Waals surface area contributed by atoms with Gasteiger partial charge in [-0.15, -0.1) is 0 Å². The van der Waals surface area contributed by atoms with E-state index in [0.717, 1.165) is 29.5 Å². The minimum atomic E-state index is -0.459. The van der Waals surface area contributed by atoms with Crippen molar-refractivity contribution in [2.24, 2.45) is 0 Å². The molecule has 2 aliphatic rings. The van der Waals surface area contributed by atoms with E-state index < -0.39 is 5.79 Å². The van der Waals surface area contributed by atoms with E-state index in [1.54, 1.807) is 6.07 Å². The van der Waals surface area contributed by atoms with Crippen LogP contribution in [0.4, 0.5) is 0 Å². The van der Waals surface area contributed by atoms with Crippen LogP contribution in [0.2, 0.25) is 0 Å². The van der Waals surface area contributed by atoms with E-state index >= 15 is 0 Å². The van der Waals surface area contributed by atoms with Crippen molar-refractivity contribution in [1.82, 2.24) is 0 Å². The van der Waals surface area contributed by atoms with Crippen LogP contribution in [-0.2, 0) is 16.1 Å². The molecule has 2 aromatic rings. The van der Waals surface area contributed by atoms with Crippen LogP contribution >= 0.6 is 0 Å². The lowest BCUT2D eigenvalue weighted by molar-refractivity contribution is -0.159. The maximum atomic E-state index is 10.4. The van der Waals surface area contributed by atoms with Crippen molar-refractivity contribution in [2.45, 2.75) is 31.7 Å². The molecule has 0 saturated carbocycles. The van der Waals surface area contributed by atoms with Gasteiger partial charge in [-0.2, -0.15) is 0 Å². The molecule has 2 aromatic carbocycles. The van der Waals surface area contributed by atoms with Gasteiger partial charge < -0.3 is 19.3 Å². The average molecular weight is 338 g/mol. The molecule has 1 spiro atoms. The van der Waals surface area contributed by atoms with Crippen LogP contribution in [-0.4, -0.2) is 24.1 Å². The minimum absolute atomic E-state index is 0.251. The third-order valence-corrected chi connectivity index (χ3v) is 4.81. The van der Waals surface area contributed by atoms with Gasteiger partial charge in [0.15, 0.2) is 5.79 Å². The Labute approximate surface area is 147 Å². The van der Waals surface area contributed by atoms with Crippen LogP contribution in [0, 0.1) is 0 Å². The zero-order chi connectivity index (χ0) is 17.1. The van der Waals surface area contributed by atoms with Gasteiger partial charge in [-0.1, -0.05) is 42.5 Å². The number of hydrogen-bond donors (Lipinski definition) is 1. The summed E-state index contributed by atoms with van der Waals surface area (Å²) in [6.45, 7) is 1.79. The number of aromatic hydroxyl groups is 1. The van der Waals surface area contributed by atoms with Crippen LogP contribution in [0.5, 0.6) is 11.5 Å². The molecule has 1 heterocycles. The molecule has 130 valence electrons. The first-order chi connectivity index (χ1) is 12.3. The summed E-state index contributed by atoms with van der Waals surface area (Å²) in [4.78, 5) is 0. The number of phenolic OH excluding ortho intramolecular Hbond substituents is 1. The topological polar surface area (TPSA) is 47.9 Å². The number of hydrogen-bond acceptors (Lipinski definition) is 4. The lowest BCUT2D eigenvalue weighted by Gasteiger charge is -2.31. The highest BCUT2D eigenvalue weighted by Crippen LogP contribution is 2.43. The van der Waals surface area contributed by atoms with Gasteiger partial charge in [-0.25, -0.2) is 0 Å². The van der Waals surface area contributed by atoms with E-state index in [4.69, 9.17) is 14.2 Å². The zero-order valence-electron chi connectivity index (χ0n) is 14.1. The highest BCUT2D eigenvalue weighted by atomic mass is 16.7. The Balaban J connectivity index is 1.56. The SMILES string of the molecule is Oc1cccc(OCc2ccccc2)c1C1=CCC2(CC1)OCCO2. The fourth-order valence-corrected chi connectivity index (χ4v) is 3.49. The van der Waals surface area contributed by atoms with Crippen LogP contribution in [0.25, 0.3) is 5.57 Å². The molecule has 0 radical (unpaired) electrons. The van der Waals surface area contributed by atoms with Crippen LogP contribution in [0.15, 0.2) is 54.6 Å². The summed E-state index contributed by atoms with van der Waals surface area (Å²) in [7, 11) is 0. The maximum Gasteiger partial charge on any atom is 0.172 e. The molecule has 0 unspecified atom stereocenters. The van der Waals surface area contributed by atoms with E-state index in [9.17, 15) is 5.11 Å². The molecular weight excluding hydrogens is 316 g/mol. The second-order valence-electron chi connectivity index (χ2n) is 6.47. The third kappa shape index (κ3) is 3.41. The lowest BCUT2D eigenvalue weighted by Crippen LogP contribution is -2.31. The highest BCUT2D eigenvalue weighted by molar-refractivity contribution is 5.75. The third-order valence-electron chi connectivity index (χ3n) is 4.81. The highest BCUT2D eigenvalue weighted by Gasteiger charge is 2.38. The molecule has 1 aliphatic carbocycles. The molecule has 25 heavy (non-hydrogen) atoms. The number of ether oxygens (including phenoxy) is 3. The van der Waals surface area contributed by atoms with Gasteiger partial charge in [-0.3, -0.25) is 0 Å². The Morgan fingerprint density at radius 1 is 1.00 bits per heavy atom. The van der Waals surface area contributed by atoms with E-state index in [1.165, 1.54) is 0 Å². The maximum absolute atomic E-state index is 10.4. The van der Waals surface area contributed by atoms with E-state index in [1.807, 2.05) is 42.5 Å². The monoisotopic (exact) mass is 338 g/mol. The van der Waals surface area contributed by atoms with Gasteiger partial charge in [0, 0.05) is 12.8 Å². The zero-order valence-corrected chi connectivity index (χ0v) is 14.1. The average Bonchev–Trinajstić information content (AvgIpc) is 3.10. The first kappa shape index (κ1) is 16.2. The molecule has 4 heteroatoms. The summed E-state index contributed by atoms with van der Waals surface area (Å²) in [6.07, 6.45) is 4.40. The predicted octanol–water partition coefficient (Wildman–Crippen LogP) is 4.28. The summed E-state index contributed by atoms with van der Waals surface area (Å²) in [5.41, 5.74) is 2.97. The Kier molecular flexibility index (Phi) is 4.47. The number of benzene rings is 2. The summed E-state index contributed by atoms with van der Waals surface area (Å²) >= 11 is 0. The predicted molar refractivity (Wildman–Crippen MR) is 95.3 cm³/mol. The van der Waals surface area contributed by atoms with Crippen molar-refractivity contribution in [2.75, 3.05) is 13.2 Å². The number of allylic oxidation sites excluding steroid dienone is 1. The van der Waals surface area contributed by atoms with Crippen molar-refractivity contribution in [1.29, 1.82) is 0 Å². The molecule has 0 bridgehead atoms. The Bertz CT molecular complexity index is 761. The van der Waals surface area contributed by atoms with Crippen molar-refractivity contribution in [3.63, 3.8) is 0 Å². The molecule has 1 N–H and O–H groups in total. The van der Waals surface area contributed by atoms with Crippen molar-refractivity contribution >= 4 is 5.57 Å². The van der Waals surface area contributed by atoms with Gasteiger partial charge in [-0.05, 0) is 29.7 Å². The molecule has 0 aromatic heterocycles. The first-order valence-electron chi connectivity index (χ1n) is 8.72. The largest absolute Gasteiger partial charge is 0.507 e. The molecule has 4 nitrogen and oxygen atoms in total. The Morgan fingerprint density at radius 2 is 1.80 bits per heavy atom. The molecule has 1 saturated heterocycles. The van der Waals surface area contributed by atoms with Crippen LogP contribution in [0.3, 0.4) is 0 Å². The van der Waals surface area contributed by atoms with Crippen LogP contribution in [0.1, 0.15) is 30.4 Å². The lowest BCUT2D eigenvalue weighted by atomic mass is 9.89. The second-order valence-corrected chi connectivity index (χ2v) is 6.47.